The van der Waals surface area contributed by atoms with Crippen molar-refractivity contribution in [3.63, 3.8) is 0 Å². The van der Waals surface area contributed by atoms with Crippen LogP contribution in [0.1, 0.15) is 11.7 Å². The molecule has 0 aromatic heterocycles. The van der Waals surface area contributed by atoms with Crippen molar-refractivity contribution in [1.82, 2.24) is 4.90 Å². The lowest BCUT2D eigenvalue weighted by Gasteiger charge is -2.23. The fraction of sp³-hybridized carbons (Fsp3) is 0.250. The summed E-state index contributed by atoms with van der Waals surface area (Å²) in [6.07, 6.45) is 0.0589. The van der Waals surface area contributed by atoms with Crippen LogP contribution in [0.3, 0.4) is 0 Å². The Hall–Kier alpha value is -1.51. The summed E-state index contributed by atoms with van der Waals surface area (Å²) >= 11 is 0. The van der Waals surface area contributed by atoms with Gasteiger partial charge in [-0.15, -0.1) is 0 Å². The highest BCUT2D eigenvalue weighted by molar-refractivity contribution is 5.24. The monoisotopic (exact) mass is 276 g/mol. The average Bonchev–Trinajstić information content (AvgIpc) is 2.40. The number of para-hydroxylation sites is 1. The van der Waals surface area contributed by atoms with E-state index in [0.717, 1.165) is 12.3 Å². The average molecular weight is 277 g/mol. The number of hydrogen-bond acceptors (Lipinski definition) is 2. The van der Waals surface area contributed by atoms with E-state index in [-0.39, 0.29) is 18.5 Å². The minimum Gasteiger partial charge on any atom is -1.00 e. The van der Waals surface area contributed by atoms with Gasteiger partial charge < -0.3 is 22.0 Å². The van der Waals surface area contributed by atoms with Crippen LogP contribution in [-0.2, 0) is 0 Å². The Labute approximate surface area is 121 Å². The molecule has 0 aliphatic rings. The first-order valence-corrected chi connectivity index (χ1v) is 6.17. The third-order valence-electron chi connectivity index (χ3n) is 2.72. The van der Waals surface area contributed by atoms with E-state index in [1.165, 1.54) is 5.56 Å². The van der Waals surface area contributed by atoms with E-state index >= 15 is 0 Å². The molecule has 2 nitrogen and oxygen atoms in total. The number of ether oxygens (including phenoxy) is 1. The molecule has 0 heterocycles. The Morgan fingerprint density at radius 3 is 1.95 bits per heavy atom. The van der Waals surface area contributed by atoms with Gasteiger partial charge in [0.2, 0.25) is 0 Å². The molecule has 0 aliphatic carbocycles. The molecule has 0 aliphatic heterocycles. The summed E-state index contributed by atoms with van der Waals surface area (Å²) in [7, 11) is 4.12. The molecule has 0 saturated heterocycles. The Morgan fingerprint density at radius 2 is 1.42 bits per heavy atom. The molecule has 0 amide bonds. The zero-order valence-electron chi connectivity index (χ0n) is 11.3. The second-order valence-electron chi connectivity index (χ2n) is 4.59. The molecule has 0 spiro atoms. The van der Waals surface area contributed by atoms with Crippen molar-refractivity contribution in [2.75, 3.05) is 20.6 Å². The summed E-state index contributed by atoms with van der Waals surface area (Å²) in [4.78, 5) is 2.14. The van der Waals surface area contributed by atoms with Crippen molar-refractivity contribution in [2.24, 2.45) is 0 Å². The highest BCUT2D eigenvalue weighted by Crippen LogP contribution is 2.22. The molecular weight excluding hydrogens is 258 g/mol. The fourth-order valence-electron chi connectivity index (χ4n) is 1.87. The molecule has 3 heteroatoms. The van der Waals surface area contributed by atoms with Gasteiger partial charge >= 0.3 is 0 Å². The van der Waals surface area contributed by atoms with Crippen LogP contribution in [-0.4, -0.2) is 25.5 Å². The van der Waals surface area contributed by atoms with Gasteiger partial charge in [0.15, 0.2) is 0 Å². The maximum atomic E-state index is 6.07. The van der Waals surface area contributed by atoms with E-state index < -0.39 is 0 Å². The SMILES string of the molecule is CN(C)CC(Oc1ccccc1)c1ccccc1.[Cl-]. The lowest BCUT2D eigenvalue weighted by Crippen LogP contribution is -3.00. The van der Waals surface area contributed by atoms with Crippen molar-refractivity contribution in [3.8, 4) is 5.75 Å². The van der Waals surface area contributed by atoms with Gasteiger partial charge in [0.1, 0.15) is 11.9 Å². The Kier molecular flexibility index (Phi) is 6.40. The lowest BCUT2D eigenvalue weighted by atomic mass is 10.1. The number of halogens is 1. The van der Waals surface area contributed by atoms with Gasteiger partial charge in [-0.05, 0) is 31.8 Å². The second-order valence-corrected chi connectivity index (χ2v) is 4.59. The van der Waals surface area contributed by atoms with Crippen LogP contribution >= 0.6 is 0 Å². The van der Waals surface area contributed by atoms with Gasteiger partial charge in [-0.3, -0.25) is 0 Å². The van der Waals surface area contributed by atoms with Crippen LogP contribution in [0.15, 0.2) is 60.7 Å². The summed E-state index contributed by atoms with van der Waals surface area (Å²) in [5.41, 5.74) is 1.20. The molecule has 1 atom stereocenters. The molecule has 2 aromatic rings. The van der Waals surface area contributed by atoms with E-state index in [1.54, 1.807) is 0 Å². The van der Waals surface area contributed by atoms with Crippen molar-refractivity contribution in [2.45, 2.75) is 6.10 Å². The Morgan fingerprint density at radius 1 is 0.895 bits per heavy atom. The van der Waals surface area contributed by atoms with Crippen LogP contribution in [0.4, 0.5) is 0 Å². The number of hydrogen-bond donors (Lipinski definition) is 0. The van der Waals surface area contributed by atoms with Gasteiger partial charge in [-0.25, -0.2) is 0 Å². The zero-order valence-corrected chi connectivity index (χ0v) is 12.0. The maximum Gasteiger partial charge on any atom is 0.136 e. The van der Waals surface area contributed by atoms with E-state index in [1.807, 2.05) is 48.5 Å². The van der Waals surface area contributed by atoms with Crippen LogP contribution < -0.4 is 17.1 Å². The molecule has 0 bridgehead atoms. The normalized spacial score (nSPS) is 11.7. The highest BCUT2D eigenvalue weighted by Gasteiger charge is 2.13. The predicted octanol–water partition coefficient (Wildman–Crippen LogP) is 0.372. The summed E-state index contributed by atoms with van der Waals surface area (Å²) in [6.45, 7) is 0.860. The van der Waals surface area contributed by atoms with Gasteiger partial charge in [-0.1, -0.05) is 48.5 Å². The smallest absolute Gasteiger partial charge is 0.136 e. The highest BCUT2D eigenvalue weighted by atomic mass is 35.5. The minimum absolute atomic E-state index is 0. The molecule has 102 valence electrons. The van der Waals surface area contributed by atoms with E-state index in [9.17, 15) is 0 Å². The lowest BCUT2D eigenvalue weighted by molar-refractivity contribution is -0.00000470. The van der Waals surface area contributed by atoms with Crippen molar-refractivity contribution in [1.29, 1.82) is 0 Å². The van der Waals surface area contributed by atoms with E-state index in [2.05, 4.69) is 31.1 Å². The molecule has 1 unspecified atom stereocenters. The number of rotatable bonds is 5. The molecule has 2 rings (SSSR count). The van der Waals surface area contributed by atoms with E-state index in [4.69, 9.17) is 4.74 Å². The molecule has 0 radical (unpaired) electrons. The van der Waals surface area contributed by atoms with Crippen molar-refractivity contribution < 1.29 is 17.1 Å². The van der Waals surface area contributed by atoms with Crippen LogP contribution in [0.25, 0.3) is 0 Å². The minimum atomic E-state index is 0. The predicted molar refractivity (Wildman–Crippen MR) is 74.8 cm³/mol. The second kappa shape index (κ2) is 7.82. The first-order chi connectivity index (χ1) is 8.75. The number of nitrogens with zero attached hydrogens (tertiary/aromatic N) is 1. The van der Waals surface area contributed by atoms with Crippen molar-refractivity contribution >= 4 is 0 Å². The first-order valence-electron chi connectivity index (χ1n) is 6.17. The van der Waals surface area contributed by atoms with E-state index in [0.29, 0.717) is 0 Å². The van der Waals surface area contributed by atoms with Crippen LogP contribution in [0.2, 0.25) is 0 Å². The molecule has 19 heavy (non-hydrogen) atoms. The molecule has 2 aromatic carbocycles. The maximum absolute atomic E-state index is 6.07. The van der Waals surface area contributed by atoms with Gasteiger partial charge in [0, 0.05) is 6.54 Å². The molecule has 0 fully saturated rings. The Balaban J connectivity index is 0.00000180. The first kappa shape index (κ1) is 15.5. The summed E-state index contributed by atoms with van der Waals surface area (Å²) in [5, 5.41) is 0. The van der Waals surface area contributed by atoms with Gasteiger partial charge in [-0.2, -0.15) is 0 Å². The van der Waals surface area contributed by atoms with Gasteiger partial charge in [0.05, 0.1) is 0 Å². The third-order valence-corrected chi connectivity index (χ3v) is 2.72. The van der Waals surface area contributed by atoms with Crippen molar-refractivity contribution in [3.05, 3.63) is 66.2 Å². The summed E-state index contributed by atoms with van der Waals surface area (Å²) < 4.78 is 6.07. The largest absolute Gasteiger partial charge is 1.00 e. The topological polar surface area (TPSA) is 12.5 Å². The fourth-order valence-corrected chi connectivity index (χ4v) is 1.87. The molecule has 0 saturated carbocycles. The number of likely N-dealkylation sites (N-methyl/N-ethyl adjacent to an activating group) is 1. The zero-order chi connectivity index (χ0) is 12.8. The molecular formula is C16H19ClNO-. The van der Waals surface area contributed by atoms with Crippen LogP contribution in [0.5, 0.6) is 5.75 Å². The van der Waals surface area contributed by atoms with Gasteiger partial charge in [0.25, 0.3) is 0 Å². The summed E-state index contributed by atoms with van der Waals surface area (Å²) in [6, 6.07) is 20.3. The third kappa shape index (κ3) is 4.93. The Bertz CT molecular complexity index is 459. The molecule has 0 N–H and O–H groups in total. The summed E-state index contributed by atoms with van der Waals surface area (Å²) in [5.74, 6) is 0.910. The quantitative estimate of drug-likeness (QED) is 0.783. The number of benzene rings is 2. The van der Waals surface area contributed by atoms with Crippen LogP contribution in [0, 0.1) is 0 Å². The standard InChI is InChI=1S/C16H19NO.ClH/c1-17(2)13-16(14-9-5-3-6-10-14)18-15-11-7-4-8-12-15;/h3-12,16H,13H2,1-2H3;1H/p-1.